The summed E-state index contributed by atoms with van der Waals surface area (Å²) in [5.41, 5.74) is 1.38. The zero-order valence-electron chi connectivity index (χ0n) is 5.78. The Bertz CT molecular complexity index is 228. The van der Waals surface area contributed by atoms with E-state index < -0.39 is 0 Å². The number of hydrogen-bond donors (Lipinski definition) is 0. The van der Waals surface area contributed by atoms with Crippen LogP contribution in [0.5, 0.6) is 0 Å². The summed E-state index contributed by atoms with van der Waals surface area (Å²) in [6.07, 6.45) is 1.09. The standard InChI is InChI=1S/C8H7Br2I/c9-2-1-6-3-7(10)5-8(11)4-6/h3-5H,1-2H2. The first-order valence-corrected chi connectivity index (χ1v) is 6.22. The minimum atomic E-state index is 1.03. The summed E-state index contributed by atoms with van der Waals surface area (Å²) in [6, 6.07) is 6.47. The maximum absolute atomic E-state index is 3.46. The van der Waals surface area contributed by atoms with E-state index in [0.29, 0.717) is 0 Å². The van der Waals surface area contributed by atoms with Crippen LogP contribution in [-0.2, 0) is 6.42 Å². The van der Waals surface area contributed by atoms with E-state index in [2.05, 4.69) is 72.6 Å². The van der Waals surface area contributed by atoms with Gasteiger partial charge in [-0.15, -0.1) is 0 Å². The smallest absolute Gasteiger partial charge is 0.0188 e. The summed E-state index contributed by atoms with van der Waals surface area (Å²) in [5, 5.41) is 1.03. The Morgan fingerprint density at radius 2 is 2.00 bits per heavy atom. The molecule has 0 aliphatic carbocycles. The van der Waals surface area contributed by atoms with Gasteiger partial charge in [0.1, 0.15) is 0 Å². The predicted octanol–water partition coefficient (Wildman–Crippen LogP) is 3.99. The van der Waals surface area contributed by atoms with Crippen LogP contribution in [-0.4, -0.2) is 5.33 Å². The lowest BCUT2D eigenvalue weighted by Crippen LogP contribution is -1.86. The van der Waals surface area contributed by atoms with E-state index >= 15 is 0 Å². The first kappa shape index (κ1) is 9.99. The molecule has 0 aromatic heterocycles. The highest BCUT2D eigenvalue weighted by Gasteiger charge is 1.95. The van der Waals surface area contributed by atoms with Crippen LogP contribution < -0.4 is 0 Å². The fraction of sp³-hybridized carbons (Fsp3) is 0.250. The molecule has 0 nitrogen and oxygen atoms in total. The molecule has 1 aromatic rings. The van der Waals surface area contributed by atoms with Gasteiger partial charge in [0.05, 0.1) is 0 Å². The second kappa shape index (κ2) is 4.82. The molecule has 0 N–H and O–H groups in total. The Labute approximate surface area is 97.2 Å². The van der Waals surface area contributed by atoms with Crippen LogP contribution in [0.15, 0.2) is 22.7 Å². The molecule has 11 heavy (non-hydrogen) atoms. The first-order chi connectivity index (χ1) is 5.22. The van der Waals surface area contributed by atoms with Crippen molar-refractivity contribution in [2.45, 2.75) is 6.42 Å². The van der Waals surface area contributed by atoms with Gasteiger partial charge in [0.15, 0.2) is 0 Å². The van der Waals surface area contributed by atoms with Crippen molar-refractivity contribution < 1.29 is 0 Å². The van der Waals surface area contributed by atoms with E-state index in [9.17, 15) is 0 Å². The van der Waals surface area contributed by atoms with Crippen LogP contribution >= 0.6 is 54.5 Å². The Hall–Kier alpha value is 0.910. The number of halogens is 3. The van der Waals surface area contributed by atoms with Crippen molar-refractivity contribution in [3.8, 4) is 0 Å². The van der Waals surface area contributed by atoms with Gasteiger partial charge in [-0.2, -0.15) is 0 Å². The second-order valence-corrected chi connectivity index (χ2v) is 5.17. The molecule has 0 saturated carbocycles. The van der Waals surface area contributed by atoms with Gasteiger partial charge in [0.2, 0.25) is 0 Å². The molecule has 0 radical (unpaired) electrons. The maximum Gasteiger partial charge on any atom is 0.0188 e. The number of aryl methyl sites for hydroxylation is 1. The lowest BCUT2D eigenvalue weighted by Gasteiger charge is -1.99. The van der Waals surface area contributed by atoms with E-state index in [0.717, 1.165) is 11.8 Å². The van der Waals surface area contributed by atoms with Crippen LogP contribution in [0.3, 0.4) is 0 Å². The molecule has 1 rings (SSSR count). The van der Waals surface area contributed by atoms with Crippen molar-refractivity contribution in [3.63, 3.8) is 0 Å². The van der Waals surface area contributed by atoms with E-state index in [1.165, 1.54) is 13.6 Å². The normalized spacial score (nSPS) is 10.1. The molecule has 0 bridgehead atoms. The predicted molar refractivity (Wildman–Crippen MR) is 64.4 cm³/mol. The number of alkyl halides is 1. The highest BCUT2D eigenvalue weighted by Crippen LogP contribution is 2.17. The van der Waals surface area contributed by atoms with Crippen LogP contribution in [0.2, 0.25) is 0 Å². The molecule has 0 unspecified atom stereocenters. The van der Waals surface area contributed by atoms with Gasteiger partial charge < -0.3 is 0 Å². The van der Waals surface area contributed by atoms with Crippen molar-refractivity contribution in [1.82, 2.24) is 0 Å². The van der Waals surface area contributed by atoms with Gasteiger partial charge in [-0.05, 0) is 52.8 Å². The topological polar surface area (TPSA) is 0 Å². The highest BCUT2D eigenvalue weighted by molar-refractivity contribution is 14.1. The summed E-state index contributed by atoms with van der Waals surface area (Å²) >= 11 is 9.21. The van der Waals surface area contributed by atoms with E-state index in [4.69, 9.17) is 0 Å². The molecule has 0 spiro atoms. The molecule has 0 amide bonds. The van der Waals surface area contributed by atoms with Crippen molar-refractivity contribution in [1.29, 1.82) is 0 Å². The molecule has 1 aromatic carbocycles. The highest BCUT2D eigenvalue weighted by atomic mass is 127. The molecule has 0 heterocycles. The van der Waals surface area contributed by atoms with Gasteiger partial charge in [-0.25, -0.2) is 0 Å². The van der Waals surface area contributed by atoms with Crippen LogP contribution in [0.25, 0.3) is 0 Å². The molecule has 0 aliphatic rings. The fourth-order valence-corrected chi connectivity index (χ4v) is 3.03. The SMILES string of the molecule is BrCCc1cc(Br)cc(I)c1. The van der Waals surface area contributed by atoms with E-state index in [1.54, 1.807) is 0 Å². The number of benzene rings is 1. The third-order valence-electron chi connectivity index (χ3n) is 1.31. The van der Waals surface area contributed by atoms with Crippen LogP contribution in [0, 0.1) is 3.57 Å². The maximum atomic E-state index is 3.46. The van der Waals surface area contributed by atoms with Gasteiger partial charge in [-0.3, -0.25) is 0 Å². The van der Waals surface area contributed by atoms with Crippen molar-refractivity contribution in [2.75, 3.05) is 5.33 Å². The monoisotopic (exact) mass is 388 g/mol. The number of hydrogen-bond acceptors (Lipinski definition) is 0. The van der Waals surface area contributed by atoms with Gasteiger partial charge in [-0.1, -0.05) is 31.9 Å². The molecule has 3 heteroatoms. The molecule has 0 saturated heterocycles. The molecule has 0 fully saturated rings. The van der Waals surface area contributed by atoms with Crippen molar-refractivity contribution >= 4 is 54.5 Å². The van der Waals surface area contributed by atoms with Crippen molar-refractivity contribution in [2.24, 2.45) is 0 Å². The average Bonchev–Trinajstić information content (AvgIpc) is 1.85. The molecule has 0 aliphatic heterocycles. The van der Waals surface area contributed by atoms with E-state index in [1.807, 2.05) is 0 Å². The zero-order valence-corrected chi connectivity index (χ0v) is 11.1. The first-order valence-electron chi connectivity index (χ1n) is 3.23. The Balaban J connectivity index is 2.89. The van der Waals surface area contributed by atoms with Crippen molar-refractivity contribution in [3.05, 3.63) is 31.8 Å². The Morgan fingerprint density at radius 1 is 1.27 bits per heavy atom. The van der Waals surface area contributed by atoms with Gasteiger partial charge in [0, 0.05) is 13.4 Å². The van der Waals surface area contributed by atoms with Gasteiger partial charge >= 0.3 is 0 Å². The third-order valence-corrected chi connectivity index (χ3v) is 2.78. The lowest BCUT2D eigenvalue weighted by atomic mass is 10.2. The summed E-state index contributed by atoms with van der Waals surface area (Å²) in [5.74, 6) is 0. The molecular formula is C8H7Br2I. The Morgan fingerprint density at radius 3 is 2.55 bits per heavy atom. The summed E-state index contributed by atoms with van der Waals surface area (Å²) in [7, 11) is 0. The minimum Gasteiger partial charge on any atom is -0.0924 e. The minimum absolute atomic E-state index is 1.03. The largest absolute Gasteiger partial charge is 0.0924 e. The van der Waals surface area contributed by atoms with Crippen LogP contribution in [0.4, 0.5) is 0 Å². The quantitative estimate of drug-likeness (QED) is 0.530. The number of rotatable bonds is 2. The lowest BCUT2D eigenvalue weighted by molar-refractivity contribution is 1.16. The Kier molecular flexibility index (Phi) is 4.38. The molecule has 0 atom stereocenters. The molecular weight excluding hydrogens is 383 g/mol. The fourth-order valence-electron chi connectivity index (χ4n) is 0.864. The molecule has 60 valence electrons. The zero-order chi connectivity index (χ0) is 8.27. The summed E-state index contributed by atoms with van der Waals surface area (Å²) in [4.78, 5) is 0. The summed E-state index contributed by atoms with van der Waals surface area (Å²) in [6.45, 7) is 0. The average molecular weight is 390 g/mol. The summed E-state index contributed by atoms with van der Waals surface area (Å²) < 4.78 is 2.45. The van der Waals surface area contributed by atoms with Gasteiger partial charge in [0.25, 0.3) is 0 Å². The van der Waals surface area contributed by atoms with E-state index in [-0.39, 0.29) is 0 Å². The second-order valence-electron chi connectivity index (χ2n) is 2.22. The third kappa shape index (κ3) is 3.42. The van der Waals surface area contributed by atoms with Crippen LogP contribution in [0.1, 0.15) is 5.56 Å².